The average molecular weight is 294 g/mol. The summed E-state index contributed by atoms with van der Waals surface area (Å²) in [6.07, 6.45) is 2.75. The van der Waals surface area contributed by atoms with Gasteiger partial charge >= 0.3 is 5.97 Å². The van der Waals surface area contributed by atoms with Crippen LogP contribution in [0.25, 0.3) is 0 Å². The summed E-state index contributed by atoms with van der Waals surface area (Å²) in [6.45, 7) is 8.54. The molecular weight excluding hydrogens is 268 g/mol. The molecule has 1 unspecified atom stereocenters. The zero-order chi connectivity index (χ0) is 16.0. The Morgan fingerprint density at radius 3 is 2.48 bits per heavy atom. The molecular formula is C16H26N2O3. The van der Waals surface area contributed by atoms with Crippen molar-refractivity contribution in [2.45, 2.75) is 46.6 Å². The fourth-order valence-corrected chi connectivity index (χ4v) is 2.52. The lowest BCUT2D eigenvalue weighted by atomic mass is 9.94. The van der Waals surface area contributed by atoms with E-state index in [2.05, 4.69) is 19.2 Å². The highest BCUT2D eigenvalue weighted by atomic mass is 16.4. The summed E-state index contributed by atoms with van der Waals surface area (Å²) in [6, 6.07) is 3.84. The number of hydrogen-bond donors (Lipinski definition) is 2. The third kappa shape index (κ3) is 5.61. The first kappa shape index (κ1) is 17.3. The standard InChI is InChI=1S/C16H26N2O3/c1-11(2)8-13(9-15(19)20)10-17-16(21)14-6-5-7-18(14)12(3)4/h5-7,11-13H,8-10H2,1-4H3,(H,17,21)(H,19,20). The van der Waals surface area contributed by atoms with Crippen LogP contribution in [0.2, 0.25) is 0 Å². The van der Waals surface area contributed by atoms with Crippen LogP contribution in [-0.4, -0.2) is 28.1 Å². The molecule has 1 aromatic heterocycles. The number of nitrogens with zero attached hydrogens (tertiary/aromatic N) is 1. The number of carboxylic acid groups (broad SMARTS) is 1. The van der Waals surface area contributed by atoms with Gasteiger partial charge in [-0.3, -0.25) is 9.59 Å². The van der Waals surface area contributed by atoms with Crippen LogP contribution in [0.15, 0.2) is 18.3 Å². The summed E-state index contributed by atoms with van der Waals surface area (Å²) < 4.78 is 1.91. The van der Waals surface area contributed by atoms with Gasteiger partial charge in [0.15, 0.2) is 0 Å². The molecule has 0 aliphatic heterocycles. The SMILES string of the molecule is CC(C)CC(CNC(=O)c1cccn1C(C)C)CC(=O)O. The highest BCUT2D eigenvalue weighted by Crippen LogP contribution is 2.15. The number of amides is 1. The number of carboxylic acids is 1. The van der Waals surface area contributed by atoms with Crippen LogP contribution in [0.5, 0.6) is 0 Å². The lowest BCUT2D eigenvalue weighted by Gasteiger charge is -2.18. The molecule has 0 aliphatic rings. The molecule has 1 aromatic rings. The van der Waals surface area contributed by atoms with Gasteiger partial charge in [-0.05, 0) is 44.2 Å². The Hall–Kier alpha value is -1.78. The highest BCUT2D eigenvalue weighted by Gasteiger charge is 2.18. The Morgan fingerprint density at radius 2 is 1.95 bits per heavy atom. The van der Waals surface area contributed by atoms with E-state index in [-0.39, 0.29) is 24.3 Å². The minimum absolute atomic E-state index is 0.0334. The molecule has 5 nitrogen and oxygen atoms in total. The van der Waals surface area contributed by atoms with E-state index in [1.165, 1.54) is 0 Å². The topological polar surface area (TPSA) is 71.3 Å². The van der Waals surface area contributed by atoms with Gasteiger partial charge in [0.05, 0.1) is 0 Å². The molecule has 2 N–H and O–H groups in total. The van der Waals surface area contributed by atoms with Gasteiger partial charge in [-0.1, -0.05) is 13.8 Å². The number of aromatic nitrogens is 1. The quantitative estimate of drug-likeness (QED) is 0.774. The molecule has 0 aromatic carbocycles. The van der Waals surface area contributed by atoms with Gasteiger partial charge in [-0.2, -0.15) is 0 Å². The normalized spacial score (nSPS) is 12.7. The number of nitrogens with one attached hydrogen (secondary N) is 1. The number of carbonyl (C=O) groups excluding carboxylic acids is 1. The Bertz CT molecular complexity index is 478. The van der Waals surface area contributed by atoms with Gasteiger partial charge in [0.1, 0.15) is 5.69 Å². The van der Waals surface area contributed by atoms with Crippen molar-refractivity contribution in [3.63, 3.8) is 0 Å². The molecule has 1 heterocycles. The number of carbonyl (C=O) groups is 2. The van der Waals surface area contributed by atoms with E-state index in [1.807, 2.05) is 30.7 Å². The van der Waals surface area contributed by atoms with Crippen molar-refractivity contribution in [2.75, 3.05) is 6.54 Å². The first-order valence-corrected chi connectivity index (χ1v) is 7.48. The fourth-order valence-electron chi connectivity index (χ4n) is 2.52. The summed E-state index contributed by atoms with van der Waals surface area (Å²) in [5.41, 5.74) is 0.614. The van der Waals surface area contributed by atoms with E-state index in [0.717, 1.165) is 6.42 Å². The van der Waals surface area contributed by atoms with Crippen LogP contribution in [0.3, 0.4) is 0 Å². The van der Waals surface area contributed by atoms with Crippen LogP contribution >= 0.6 is 0 Å². The smallest absolute Gasteiger partial charge is 0.303 e. The molecule has 21 heavy (non-hydrogen) atoms. The molecule has 0 fully saturated rings. The van der Waals surface area contributed by atoms with Gasteiger partial charge in [-0.15, -0.1) is 0 Å². The largest absolute Gasteiger partial charge is 0.481 e. The van der Waals surface area contributed by atoms with Crippen molar-refractivity contribution in [2.24, 2.45) is 11.8 Å². The predicted octanol–water partition coefficient (Wildman–Crippen LogP) is 2.94. The van der Waals surface area contributed by atoms with Gasteiger partial charge in [-0.25, -0.2) is 0 Å². The maximum absolute atomic E-state index is 12.2. The molecule has 5 heteroatoms. The lowest BCUT2D eigenvalue weighted by Crippen LogP contribution is -2.32. The van der Waals surface area contributed by atoms with Crippen molar-refractivity contribution < 1.29 is 14.7 Å². The second-order valence-electron chi connectivity index (χ2n) is 6.20. The number of aliphatic carboxylic acids is 1. The molecule has 1 amide bonds. The highest BCUT2D eigenvalue weighted by molar-refractivity contribution is 5.92. The van der Waals surface area contributed by atoms with Crippen molar-refractivity contribution in [1.82, 2.24) is 9.88 Å². The summed E-state index contributed by atoms with van der Waals surface area (Å²) in [7, 11) is 0. The zero-order valence-corrected chi connectivity index (χ0v) is 13.3. The molecule has 1 rings (SSSR count). The maximum atomic E-state index is 12.2. The molecule has 0 saturated heterocycles. The van der Waals surface area contributed by atoms with E-state index in [4.69, 9.17) is 5.11 Å². The third-order valence-electron chi connectivity index (χ3n) is 3.39. The molecule has 0 radical (unpaired) electrons. The van der Waals surface area contributed by atoms with Crippen LogP contribution < -0.4 is 5.32 Å². The number of hydrogen-bond acceptors (Lipinski definition) is 2. The molecule has 0 aliphatic carbocycles. The predicted molar refractivity (Wildman–Crippen MR) is 82.3 cm³/mol. The van der Waals surface area contributed by atoms with E-state index >= 15 is 0 Å². The van der Waals surface area contributed by atoms with Crippen molar-refractivity contribution in [3.8, 4) is 0 Å². The van der Waals surface area contributed by atoms with Gasteiger partial charge in [0, 0.05) is 25.2 Å². The first-order valence-electron chi connectivity index (χ1n) is 7.48. The first-order chi connectivity index (χ1) is 9.81. The third-order valence-corrected chi connectivity index (χ3v) is 3.39. The minimum Gasteiger partial charge on any atom is -0.481 e. The van der Waals surface area contributed by atoms with Gasteiger partial charge in [0.25, 0.3) is 5.91 Å². The zero-order valence-electron chi connectivity index (χ0n) is 13.3. The van der Waals surface area contributed by atoms with Crippen LogP contribution in [0.4, 0.5) is 0 Å². The van der Waals surface area contributed by atoms with Crippen LogP contribution in [-0.2, 0) is 4.79 Å². The maximum Gasteiger partial charge on any atom is 0.303 e. The molecule has 0 spiro atoms. The van der Waals surface area contributed by atoms with Crippen molar-refractivity contribution >= 4 is 11.9 Å². The average Bonchev–Trinajstić information content (AvgIpc) is 2.83. The van der Waals surface area contributed by atoms with E-state index in [0.29, 0.717) is 18.2 Å². The summed E-state index contributed by atoms with van der Waals surface area (Å²) >= 11 is 0. The van der Waals surface area contributed by atoms with E-state index in [1.54, 1.807) is 6.07 Å². The Labute approximate surface area is 126 Å². The second-order valence-corrected chi connectivity index (χ2v) is 6.20. The van der Waals surface area contributed by atoms with Crippen molar-refractivity contribution in [3.05, 3.63) is 24.0 Å². The summed E-state index contributed by atoms with van der Waals surface area (Å²) in [5, 5.41) is 11.8. The van der Waals surface area contributed by atoms with Crippen LogP contribution in [0, 0.1) is 11.8 Å². The summed E-state index contributed by atoms with van der Waals surface area (Å²) in [4.78, 5) is 23.1. The molecule has 1 atom stereocenters. The molecule has 0 saturated carbocycles. The Balaban J connectivity index is 2.64. The van der Waals surface area contributed by atoms with Gasteiger partial charge < -0.3 is 15.0 Å². The number of rotatable bonds is 8. The second kappa shape index (κ2) is 7.86. The van der Waals surface area contributed by atoms with E-state index in [9.17, 15) is 9.59 Å². The molecule has 0 bridgehead atoms. The fraction of sp³-hybridized carbons (Fsp3) is 0.625. The Kier molecular flexibility index (Phi) is 6.46. The van der Waals surface area contributed by atoms with Gasteiger partial charge in [0.2, 0.25) is 0 Å². The lowest BCUT2D eigenvalue weighted by molar-refractivity contribution is -0.138. The van der Waals surface area contributed by atoms with E-state index < -0.39 is 5.97 Å². The summed E-state index contributed by atoms with van der Waals surface area (Å²) in [5.74, 6) is -0.590. The Morgan fingerprint density at radius 1 is 1.29 bits per heavy atom. The minimum atomic E-state index is -0.819. The van der Waals surface area contributed by atoms with Crippen LogP contribution in [0.1, 0.15) is 57.1 Å². The van der Waals surface area contributed by atoms with Crippen molar-refractivity contribution in [1.29, 1.82) is 0 Å². The monoisotopic (exact) mass is 294 g/mol. The molecule has 118 valence electrons.